The summed E-state index contributed by atoms with van der Waals surface area (Å²) in [4.78, 5) is 25.8. The number of benzene rings is 1. The number of rotatable bonds is 7. The van der Waals surface area contributed by atoms with Crippen molar-refractivity contribution in [3.63, 3.8) is 0 Å². The largest absolute Gasteiger partial charge is 0.493 e. The maximum Gasteiger partial charge on any atom is 0.225 e. The molecule has 0 aliphatic carbocycles. The van der Waals surface area contributed by atoms with Crippen LogP contribution in [-0.2, 0) is 20.9 Å². The van der Waals surface area contributed by atoms with Crippen LogP contribution in [-0.4, -0.2) is 56.2 Å². The molecule has 0 spiro atoms. The number of amides is 2. The Morgan fingerprint density at radius 2 is 2.11 bits per heavy atom. The third-order valence-corrected chi connectivity index (χ3v) is 5.38. The van der Waals surface area contributed by atoms with Gasteiger partial charge in [-0.2, -0.15) is 0 Å². The molecule has 2 saturated heterocycles. The Balaban J connectivity index is 1.52. The Morgan fingerprint density at radius 3 is 2.82 bits per heavy atom. The van der Waals surface area contributed by atoms with Crippen molar-refractivity contribution < 1.29 is 23.8 Å². The smallest absolute Gasteiger partial charge is 0.225 e. The molecule has 2 amide bonds. The topological polar surface area (TPSA) is 77.1 Å². The van der Waals surface area contributed by atoms with E-state index in [1.165, 1.54) is 0 Å². The van der Waals surface area contributed by atoms with E-state index in [0.717, 1.165) is 44.4 Å². The summed E-state index contributed by atoms with van der Waals surface area (Å²) in [7, 11) is 1.61. The Hall–Kier alpha value is -2.28. The lowest BCUT2D eigenvalue weighted by Gasteiger charge is -2.31. The number of hydrogen-bond donors (Lipinski definition) is 1. The number of methoxy groups -OCH3 is 1. The Kier molecular flexibility index (Phi) is 7.14. The summed E-state index contributed by atoms with van der Waals surface area (Å²) < 4.78 is 16.9. The maximum atomic E-state index is 12.5. The van der Waals surface area contributed by atoms with Crippen LogP contribution in [0.2, 0.25) is 0 Å². The van der Waals surface area contributed by atoms with Gasteiger partial charge in [0, 0.05) is 33.2 Å². The lowest BCUT2D eigenvalue weighted by molar-refractivity contribution is -0.134. The van der Waals surface area contributed by atoms with Crippen LogP contribution in [0.4, 0.5) is 0 Å². The summed E-state index contributed by atoms with van der Waals surface area (Å²) in [6, 6.07) is 5.68. The van der Waals surface area contributed by atoms with Crippen LogP contribution >= 0.6 is 0 Å². The third-order valence-electron chi connectivity index (χ3n) is 5.38. The molecule has 0 radical (unpaired) electrons. The van der Waals surface area contributed by atoms with Gasteiger partial charge in [-0.25, -0.2) is 0 Å². The molecule has 0 saturated carbocycles. The van der Waals surface area contributed by atoms with Gasteiger partial charge in [-0.1, -0.05) is 6.07 Å². The molecule has 0 unspecified atom stereocenters. The predicted molar refractivity (Wildman–Crippen MR) is 104 cm³/mol. The van der Waals surface area contributed by atoms with Crippen molar-refractivity contribution in [3.05, 3.63) is 23.8 Å². The standard InChI is InChI=1S/C21H30N2O5/c1-15(24)23-9-3-5-17(13-23)21(25)22-12-16-7-8-19(20(11-16)26-2)28-14-18-6-4-10-27-18/h7-8,11,17-18H,3-6,9-10,12-14H2,1-2H3,(H,22,25)/t17-,18-/m0/s1. The van der Waals surface area contributed by atoms with Crippen molar-refractivity contribution in [2.24, 2.45) is 5.92 Å². The SMILES string of the molecule is COc1cc(CNC(=O)[C@H]2CCCN(C(C)=O)C2)ccc1OC[C@@H]1CCCO1. The van der Waals surface area contributed by atoms with Gasteiger partial charge in [-0.15, -0.1) is 0 Å². The average molecular weight is 390 g/mol. The molecule has 1 aromatic carbocycles. The molecule has 2 aliphatic heterocycles. The second-order valence-corrected chi connectivity index (χ2v) is 7.45. The average Bonchev–Trinajstić information content (AvgIpc) is 3.24. The second kappa shape index (κ2) is 9.78. The maximum absolute atomic E-state index is 12.5. The highest BCUT2D eigenvalue weighted by molar-refractivity contribution is 5.80. The van der Waals surface area contributed by atoms with Gasteiger partial charge in [-0.3, -0.25) is 9.59 Å². The molecule has 28 heavy (non-hydrogen) atoms. The number of piperidine rings is 1. The van der Waals surface area contributed by atoms with E-state index in [4.69, 9.17) is 14.2 Å². The van der Waals surface area contributed by atoms with Crippen LogP contribution in [0.15, 0.2) is 18.2 Å². The first kappa shape index (κ1) is 20.5. The van der Waals surface area contributed by atoms with Gasteiger partial charge >= 0.3 is 0 Å². The van der Waals surface area contributed by atoms with Crippen LogP contribution in [0.3, 0.4) is 0 Å². The molecule has 154 valence electrons. The van der Waals surface area contributed by atoms with E-state index in [0.29, 0.717) is 31.2 Å². The quantitative estimate of drug-likeness (QED) is 0.772. The molecule has 2 aliphatic rings. The highest BCUT2D eigenvalue weighted by atomic mass is 16.5. The van der Waals surface area contributed by atoms with Crippen LogP contribution < -0.4 is 14.8 Å². The molecular formula is C21H30N2O5. The van der Waals surface area contributed by atoms with Crippen LogP contribution in [0.1, 0.15) is 38.2 Å². The van der Waals surface area contributed by atoms with E-state index >= 15 is 0 Å². The minimum absolute atomic E-state index is 0.0105. The van der Waals surface area contributed by atoms with Gasteiger partial charge in [0.2, 0.25) is 11.8 Å². The van der Waals surface area contributed by atoms with E-state index in [9.17, 15) is 9.59 Å². The van der Waals surface area contributed by atoms with E-state index in [-0.39, 0.29) is 23.8 Å². The lowest BCUT2D eigenvalue weighted by Crippen LogP contribution is -2.44. The normalized spacial score (nSPS) is 22.0. The molecule has 2 atom stereocenters. The van der Waals surface area contributed by atoms with Crippen molar-refractivity contribution >= 4 is 11.8 Å². The van der Waals surface area contributed by atoms with Gasteiger partial charge in [0.15, 0.2) is 11.5 Å². The fraction of sp³-hybridized carbons (Fsp3) is 0.619. The number of likely N-dealkylation sites (tertiary alicyclic amines) is 1. The van der Waals surface area contributed by atoms with Crippen molar-refractivity contribution in [3.8, 4) is 11.5 Å². The van der Waals surface area contributed by atoms with Gasteiger partial charge in [0.1, 0.15) is 6.61 Å². The molecule has 1 N–H and O–H groups in total. The first-order valence-corrected chi connectivity index (χ1v) is 10.0. The van der Waals surface area contributed by atoms with Gasteiger partial charge in [0.25, 0.3) is 0 Å². The lowest BCUT2D eigenvalue weighted by atomic mass is 9.97. The Labute approximate surface area is 166 Å². The summed E-state index contributed by atoms with van der Waals surface area (Å²) in [5, 5.41) is 2.98. The number of nitrogens with one attached hydrogen (secondary N) is 1. The minimum Gasteiger partial charge on any atom is -0.493 e. The number of carbonyl (C=O) groups is 2. The number of hydrogen-bond acceptors (Lipinski definition) is 5. The minimum atomic E-state index is -0.145. The summed E-state index contributed by atoms with van der Waals surface area (Å²) in [6.45, 7) is 4.52. The molecule has 7 heteroatoms. The van der Waals surface area contributed by atoms with Crippen molar-refractivity contribution in [2.45, 2.75) is 45.3 Å². The fourth-order valence-corrected chi connectivity index (χ4v) is 3.71. The molecule has 2 fully saturated rings. The van der Waals surface area contributed by atoms with Crippen LogP contribution in [0.25, 0.3) is 0 Å². The Morgan fingerprint density at radius 1 is 1.25 bits per heavy atom. The van der Waals surface area contributed by atoms with Crippen LogP contribution in [0, 0.1) is 5.92 Å². The second-order valence-electron chi connectivity index (χ2n) is 7.45. The van der Waals surface area contributed by atoms with E-state index < -0.39 is 0 Å². The summed E-state index contributed by atoms with van der Waals surface area (Å²) in [6.07, 6.45) is 3.93. The molecule has 7 nitrogen and oxygen atoms in total. The molecular weight excluding hydrogens is 360 g/mol. The zero-order valence-electron chi connectivity index (χ0n) is 16.7. The highest BCUT2D eigenvalue weighted by Crippen LogP contribution is 2.29. The zero-order chi connectivity index (χ0) is 19.9. The van der Waals surface area contributed by atoms with Crippen LogP contribution in [0.5, 0.6) is 11.5 Å². The monoisotopic (exact) mass is 390 g/mol. The van der Waals surface area contributed by atoms with Crippen molar-refractivity contribution in [1.82, 2.24) is 10.2 Å². The molecule has 0 aromatic heterocycles. The van der Waals surface area contributed by atoms with Gasteiger partial charge < -0.3 is 24.4 Å². The summed E-state index contributed by atoms with van der Waals surface area (Å²) in [5.74, 6) is 1.20. The first-order valence-electron chi connectivity index (χ1n) is 10.0. The molecule has 1 aromatic rings. The van der Waals surface area contributed by atoms with E-state index in [1.54, 1.807) is 18.9 Å². The number of carbonyl (C=O) groups excluding carboxylic acids is 2. The number of ether oxygens (including phenoxy) is 3. The summed E-state index contributed by atoms with van der Waals surface area (Å²) >= 11 is 0. The highest BCUT2D eigenvalue weighted by Gasteiger charge is 2.26. The van der Waals surface area contributed by atoms with E-state index in [1.807, 2.05) is 18.2 Å². The fourth-order valence-electron chi connectivity index (χ4n) is 3.71. The Bertz CT molecular complexity index is 687. The summed E-state index contributed by atoms with van der Waals surface area (Å²) in [5.41, 5.74) is 0.939. The van der Waals surface area contributed by atoms with Crippen molar-refractivity contribution in [1.29, 1.82) is 0 Å². The third kappa shape index (κ3) is 5.38. The number of nitrogens with zero attached hydrogens (tertiary/aromatic N) is 1. The first-order chi connectivity index (χ1) is 13.6. The molecule has 3 rings (SSSR count). The molecule has 2 heterocycles. The van der Waals surface area contributed by atoms with E-state index in [2.05, 4.69) is 5.32 Å². The zero-order valence-corrected chi connectivity index (χ0v) is 16.7. The van der Waals surface area contributed by atoms with Gasteiger partial charge in [0.05, 0.1) is 19.1 Å². The van der Waals surface area contributed by atoms with Gasteiger partial charge in [-0.05, 0) is 43.4 Å². The molecule has 0 bridgehead atoms. The predicted octanol–water partition coefficient (Wildman–Crippen LogP) is 2.13. The van der Waals surface area contributed by atoms with Crippen molar-refractivity contribution in [2.75, 3.05) is 33.4 Å².